The maximum absolute atomic E-state index is 10.8. The highest BCUT2D eigenvalue weighted by Gasteiger charge is 2.25. The number of hydrogen-bond donors (Lipinski definition) is 1. The highest BCUT2D eigenvalue weighted by atomic mass is 79.9. The third-order valence-corrected chi connectivity index (χ3v) is 2.62. The molecule has 0 aromatic heterocycles. The first-order chi connectivity index (χ1) is 9.86. The molecule has 0 fully saturated rings. The molecule has 0 aliphatic heterocycles. The molecule has 0 saturated heterocycles. The van der Waals surface area contributed by atoms with Gasteiger partial charge in [0.1, 0.15) is 24.6 Å². The number of rotatable bonds is 7. The van der Waals surface area contributed by atoms with Gasteiger partial charge in [0.25, 0.3) is 0 Å². The molecular formula is C10H9BrN2O8. The fourth-order valence-electron chi connectivity index (χ4n) is 1.30. The number of esters is 1. The van der Waals surface area contributed by atoms with Crippen molar-refractivity contribution in [3.8, 4) is 11.5 Å². The normalized spacial score (nSPS) is 9.95. The van der Waals surface area contributed by atoms with E-state index in [2.05, 4.69) is 20.7 Å². The largest absolute Gasteiger partial charge is 0.502 e. The first-order valence-corrected chi connectivity index (χ1v) is 6.49. The molecule has 0 unspecified atom stereocenters. The van der Waals surface area contributed by atoms with Crippen molar-refractivity contribution < 1.29 is 29.2 Å². The maximum atomic E-state index is 10.8. The SMILES string of the molecule is O=C(CBr)OCCOc1cc(O)c([N+](=O)[O-])cc1[N+](=O)[O-]. The van der Waals surface area contributed by atoms with E-state index in [9.17, 15) is 30.1 Å². The van der Waals surface area contributed by atoms with Gasteiger partial charge >= 0.3 is 17.3 Å². The fraction of sp³-hybridized carbons (Fsp3) is 0.300. The van der Waals surface area contributed by atoms with Crippen molar-refractivity contribution in [2.45, 2.75) is 0 Å². The minimum absolute atomic E-state index is 0.00846. The van der Waals surface area contributed by atoms with Crippen molar-refractivity contribution in [1.29, 1.82) is 0 Å². The van der Waals surface area contributed by atoms with Crippen LogP contribution < -0.4 is 4.74 Å². The van der Waals surface area contributed by atoms with E-state index in [0.717, 1.165) is 6.07 Å². The van der Waals surface area contributed by atoms with Crippen LogP contribution in [0.4, 0.5) is 11.4 Å². The number of nitro groups is 2. The van der Waals surface area contributed by atoms with Gasteiger partial charge in [0.15, 0.2) is 5.75 Å². The van der Waals surface area contributed by atoms with Gasteiger partial charge in [-0.05, 0) is 0 Å². The van der Waals surface area contributed by atoms with Gasteiger partial charge in [-0.15, -0.1) is 0 Å². The van der Waals surface area contributed by atoms with E-state index >= 15 is 0 Å². The Balaban J connectivity index is 2.86. The number of phenolic OH excluding ortho intramolecular Hbond substituents is 1. The number of benzene rings is 1. The summed E-state index contributed by atoms with van der Waals surface area (Å²) in [5, 5.41) is 30.8. The average Bonchev–Trinajstić information content (AvgIpc) is 2.42. The summed E-state index contributed by atoms with van der Waals surface area (Å²) in [5.74, 6) is -1.67. The van der Waals surface area contributed by atoms with Crippen molar-refractivity contribution in [3.05, 3.63) is 32.4 Å². The van der Waals surface area contributed by atoms with Crippen molar-refractivity contribution in [2.24, 2.45) is 0 Å². The lowest BCUT2D eigenvalue weighted by Crippen LogP contribution is -2.13. The molecule has 0 radical (unpaired) electrons. The molecule has 0 heterocycles. The molecule has 0 bridgehead atoms. The van der Waals surface area contributed by atoms with E-state index in [1.807, 2.05) is 0 Å². The number of alkyl halides is 1. The molecular weight excluding hydrogens is 356 g/mol. The fourth-order valence-corrected chi connectivity index (χ4v) is 1.46. The number of phenols is 1. The van der Waals surface area contributed by atoms with E-state index in [1.165, 1.54) is 0 Å². The zero-order chi connectivity index (χ0) is 16.0. The minimum atomic E-state index is -0.954. The van der Waals surface area contributed by atoms with Crippen LogP contribution in [0.5, 0.6) is 11.5 Å². The molecule has 0 spiro atoms. The number of nitrogens with zero attached hydrogens (tertiary/aromatic N) is 2. The van der Waals surface area contributed by atoms with Crippen molar-refractivity contribution in [3.63, 3.8) is 0 Å². The molecule has 114 valence electrons. The summed E-state index contributed by atoms with van der Waals surface area (Å²) in [6.45, 7) is -0.379. The number of hydrogen-bond acceptors (Lipinski definition) is 8. The lowest BCUT2D eigenvalue weighted by molar-refractivity contribution is -0.395. The van der Waals surface area contributed by atoms with E-state index in [4.69, 9.17) is 4.74 Å². The predicted molar refractivity (Wildman–Crippen MR) is 71.7 cm³/mol. The quantitative estimate of drug-likeness (QED) is 0.252. The second-order valence-corrected chi connectivity index (χ2v) is 4.09. The Morgan fingerprint density at radius 1 is 1.19 bits per heavy atom. The van der Waals surface area contributed by atoms with Crippen LogP contribution in [-0.4, -0.2) is 39.5 Å². The summed E-state index contributed by atoms with van der Waals surface area (Å²) < 4.78 is 9.65. The van der Waals surface area contributed by atoms with Gasteiger partial charge < -0.3 is 14.6 Å². The molecule has 11 heteroatoms. The molecule has 10 nitrogen and oxygen atoms in total. The van der Waals surface area contributed by atoms with Crippen LogP contribution >= 0.6 is 15.9 Å². The molecule has 1 aromatic rings. The summed E-state index contributed by atoms with van der Waals surface area (Å²) in [4.78, 5) is 30.4. The standard InChI is InChI=1S/C10H9BrN2O8/c11-5-10(15)21-2-1-20-9-4-8(14)6(12(16)17)3-7(9)13(18)19/h3-4,14H,1-2,5H2. The average molecular weight is 365 g/mol. The molecule has 0 aliphatic carbocycles. The highest BCUT2D eigenvalue weighted by molar-refractivity contribution is 9.09. The summed E-state index contributed by atoms with van der Waals surface area (Å²) in [7, 11) is 0. The summed E-state index contributed by atoms with van der Waals surface area (Å²) >= 11 is 2.87. The number of halogens is 1. The first-order valence-electron chi connectivity index (χ1n) is 5.37. The number of aromatic hydroxyl groups is 1. The van der Waals surface area contributed by atoms with E-state index < -0.39 is 32.9 Å². The van der Waals surface area contributed by atoms with Gasteiger partial charge in [-0.25, -0.2) is 0 Å². The summed E-state index contributed by atoms with van der Waals surface area (Å²) in [6, 6.07) is 1.36. The Labute approximate surface area is 125 Å². The monoisotopic (exact) mass is 364 g/mol. The van der Waals surface area contributed by atoms with Gasteiger partial charge in [-0.2, -0.15) is 0 Å². The first kappa shape index (κ1) is 16.6. The maximum Gasteiger partial charge on any atom is 0.318 e. The smallest absolute Gasteiger partial charge is 0.318 e. The molecule has 21 heavy (non-hydrogen) atoms. The Kier molecular flexibility index (Phi) is 5.84. The van der Waals surface area contributed by atoms with Crippen LogP contribution in [0.3, 0.4) is 0 Å². The third kappa shape index (κ3) is 4.56. The van der Waals surface area contributed by atoms with Crippen molar-refractivity contribution in [2.75, 3.05) is 18.5 Å². The molecule has 0 atom stereocenters. The Bertz CT molecular complexity index is 576. The second-order valence-electron chi connectivity index (χ2n) is 3.53. The highest BCUT2D eigenvalue weighted by Crippen LogP contribution is 2.38. The minimum Gasteiger partial charge on any atom is -0.502 e. The van der Waals surface area contributed by atoms with Crippen molar-refractivity contribution in [1.82, 2.24) is 0 Å². The van der Waals surface area contributed by atoms with E-state index in [0.29, 0.717) is 6.07 Å². The Morgan fingerprint density at radius 2 is 1.81 bits per heavy atom. The van der Waals surface area contributed by atoms with Gasteiger partial charge in [0.2, 0.25) is 5.75 Å². The molecule has 1 rings (SSSR count). The van der Waals surface area contributed by atoms with Crippen LogP contribution in [0.25, 0.3) is 0 Å². The second kappa shape index (κ2) is 7.38. The third-order valence-electron chi connectivity index (χ3n) is 2.16. The number of ether oxygens (including phenoxy) is 2. The number of carbonyl (C=O) groups excluding carboxylic acids is 1. The van der Waals surface area contributed by atoms with Gasteiger partial charge in [0, 0.05) is 6.07 Å². The van der Waals surface area contributed by atoms with Gasteiger partial charge in [-0.3, -0.25) is 25.0 Å². The van der Waals surface area contributed by atoms with Gasteiger partial charge in [0.05, 0.1) is 9.85 Å². The topological polar surface area (TPSA) is 142 Å². The van der Waals surface area contributed by atoms with Crippen LogP contribution in [0, 0.1) is 20.2 Å². The molecule has 0 amide bonds. The Morgan fingerprint density at radius 3 is 2.33 bits per heavy atom. The zero-order valence-corrected chi connectivity index (χ0v) is 11.9. The van der Waals surface area contributed by atoms with E-state index in [1.54, 1.807) is 0 Å². The predicted octanol–water partition coefficient (Wildman–Crippen LogP) is 1.53. The summed E-state index contributed by atoms with van der Waals surface area (Å²) in [6.07, 6.45) is 0. The summed E-state index contributed by atoms with van der Waals surface area (Å²) in [5.41, 5.74) is -1.48. The number of nitro benzene ring substituents is 2. The lowest BCUT2D eigenvalue weighted by Gasteiger charge is -2.07. The molecule has 1 N–H and O–H groups in total. The molecule has 0 saturated carbocycles. The lowest BCUT2D eigenvalue weighted by atomic mass is 10.2. The zero-order valence-electron chi connectivity index (χ0n) is 10.4. The van der Waals surface area contributed by atoms with Crippen LogP contribution in [0.1, 0.15) is 0 Å². The Hall–Kier alpha value is -2.43. The van der Waals surface area contributed by atoms with Gasteiger partial charge in [-0.1, -0.05) is 15.9 Å². The van der Waals surface area contributed by atoms with Crippen LogP contribution in [0.15, 0.2) is 12.1 Å². The van der Waals surface area contributed by atoms with E-state index in [-0.39, 0.29) is 24.3 Å². The van der Waals surface area contributed by atoms with Crippen molar-refractivity contribution >= 4 is 33.3 Å². The molecule has 0 aliphatic rings. The number of carbonyl (C=O) groups is 1. The van der Waals surface area contributed by atoms with Crippen LogP contribution in [-0.2, 0) is 9.53 Å². The van der Waals surface area contributed by atoms with Crippen LogP contribution in [0.2, 0.25) is 0 Å². The molecule has 1 aromatic carbocycles.